The summed E-state index contributed by atoms with van der Waals surface area (Å²) in [5, 5.41) is 16.8. The van der Waals surface area contributed by atoms with Gasteiger partial charge in [-0.1, -0.05) is 36.4 Å². The second-order valence-electron chi connectivity index (χ2n) is 6.21. The minimum atomic E-state index is -0.0699. The Morgan fingerprint density at radius 3 is 2.58 bits per heavy atom. The summed E-state index contributed by atoms with van der Waals surface area (Å²) in [5.74, 6) is 1.63. The predicted molar refractivity (Wildman–Crippen MR) is 102 cm³/mol. The van der Waals surface area contributed by atoms with E-state index in [1.165, 1.54) is 0 Å². The summed E-state index contributed by atoms with van der Waals surface area (Å²) in [6.07, 6.45) is 0.644. The molecule has 3 aromatic rings. The maximum absolute atomic E-state index is 10.1. The van der Waals surface area contributed by atoms with Gasteiger partial charge in [-0.15, -0.1) is 0 Å². The maximum atomic E-state index is 10.1. The Kier molecular flexibility index (Phi) is 4.13. The number of hydrogen-bond donors (Lipinski definition) is 2. The van der Waals surface area contributed by atoms with Crippen molar-refractivity contribution in [1.82, 2.24) is 5.43 Å². The highest BCUT2D eigenvalue weighted by atomic mass is 16.5. The first-order valence-corrected chi connectivity index (χ1v) is 8.47. The first-order chi connectivity index (χ1) is 12.7. The number of nitrogens with one attached hydrogen (secondary N) is 1. The molecule has 0 fully saturated rings. The molecule has 1 unspecified atom stereocenters. The number of rotatable bonds is 4. The van der Waals surface area contributed by atoms with Crippen molar-refractivity contribution in [2.75, 3.05) is 14.2 Å². The Morgan fingerprint density at radius 1 is 1.04 bits per heavy atom. The van der Waals surface area contributed by atoms with Crippen LogP contribution in [0.4, 0.5) is 0 Å². The number of methoxy groups -OCH3 is 2. The number of hydrazone groups is 1. The van der Waals surface area contributed by atoms with E-state index in [0.717, 1.165) is 27.6 Å². The van der Waals surface area contributed by atoms with Crippen molar-refractivity contribution in [3.63, 3.8) is 0 Å². The average molecular weight is 348 g/mol. The van der Waals surface area contributed by atoms with Gasteiger partial charge in [0, 0.05) is 17.5 Å². The van der Waals surface area contributed by atoms with Crippen LogP contribution in [-0.4, -0.2) is 25.0 Å². The molecule has 3 aromatic carbocycles. The van der Waals surface area contributed by atoms with E-state index in [1.807, 2.05) is 30.3 Å². The number of para-hydroxylation sites is 1. The molecule has 0 bridgehead atoms. The highest BCUT2D eigenvalue weighted by Gasteiger charge is 2.28. The molecule has 0 amide bonds. The van der Waals surface area contributed by atoms with Crippen molar-refractivity contribution < 1.29 is 14.6 Å². The first-order valence-electron chi connectivity index (χ1n) is 8.47. The molecular formula is C21H20N2O3. The summed E-state index contributed by atoms with van der Waals surface area (Å²) in [6.45, 7) is 0. The van der Waals surface area contributed by atoms with Gasteiger partial charge in [-0.05, 0) is 29.0 Å². The van der Waals surface area contributed by atoms with Crippen LogP contribution in [0.3, 0.4) is 0 Å². The number of ether oxygens (including phenoxy) is 2. The minimum Gasteiger partial charge on any atom is -0.507 e. The third-order valence-electron chi connectivity index (χ3n) is 4.75. The lowest BCUT2D eigenvalue weighted by molar-refractivity contribution is 0.349. The first kappa shape index (κ1) is 16.3. The van der Waals surface area contributed by atoms with Crippen LogP contribution in [0.15, 0.2) is 59.7 Å². The zero-order valence-electron chi connectivity index (χ0n) is 14.7. The van der Waals surface area contributed by atoms with Crippen molar-refractivity contribution in [1.29, 1.82) is 0 Å². The van der Waals surface area contributed by atoms with Crippen molar-refractivity contribution in [2.45, 2.75) is 12.5 Å². The summed E-state index contributed by atoms with van der Waals surface area (Å²) in [4.78, 5) is 0. The van der Waals surface area contributed by atoms with Gasteiger partial charge >= 0.3 is 0 Å². The second-order valence-corrected chi connectivity index (χ2v) is 6.21. The van der Waals surface area contributed by atoms with Gasteiger partial charge in [0.2, 0.25) is 0 Å². The summed E-state index contributed by atoms with van der Waals surface area (Å²) in [5.41, 5.74) is 5.78. The number of hydrogen-bond acceptors (Lipinski definition) is 5. The molecular weight excluding hydrogens is 328 g/mol. The van der Waals surface area contributed by atoms with Crippen molar-refractivity contribution in [3.8, 4) is 17.2 Å². The van der Waals surface area contributed by atoms with Crippen LogP contribution in [0.1, 0.15) is 23.6 Å². The van der Waals surface area contributed by atoms with Crippen LogP contribution < -0.4 is 14.9 Å². The topological polar surface area (TPSA) is 63.1 Å². The summed E-state index contributed by atoms with van der Waals surface area (Å²) < 4.78 is 11.2. The Morgan fingerprint density at radius 2 is 1.81 bits per heavy atom. The molecule has 0 aliphatic carbocycles. The Hall–Kier alpha value is -3.21. The highest BCUT2D eigenvalue weighted by Crippen LogP contribution is 2.43. The van der Waals surface area contributed by atoms with Gasteiger partial charge in [0.05, 0.1) is 26.0 Å². The van der Waals surface area contributed by atoms with E-state index in [-0.39, 0.29) is 11.8 Å². The molecule has 2 N–H and O–H groups in total. The standard InChI is InChI=1S/C21H20N2O3/c1-25-19-11-13-7-3-4-8-14(13)20(21(19)26-2)17-12-16(22-23-17)15-9-5-6-10-18(15)24/h3-11,17,23-24H,12H2,1-2H3. The van der Waals surface area contributed by atoms with Gasteiger partial charge in [0.15, 0.2) is 11.5 Å². The lowest BCUT2D eigenvalue weighted by atomic mass is 9.93. The average Bonchev–Trinajstić information content (AvgIpc) is 3.16. The molecule has 0 saturated heterocycles. The molecule has 4 rings (SSSR count). The number of phenolic OH excluding ortho intramolecular Hbond substituents is 1. The molecule has 1 aliphatic heterocycles. The quantitative estimate of drug-likeness (QED) is 0.748. The fraction of sp³-hybridized carbons (Fsp3) is 0.190. The van der Waals surface area contributed by atoms with E-state index >= 15 is 0 Å². The maximum Gasteiger partial charge on any atom is 0.166 e. The van der Waals surface area contributed by atoms with Gasteiger partial charge in [0.1, 0.15) is 5.75 Å². The van der Waals surface area contributed by atoms with Crippen molar-refractivity contribution in [3.05, 3.63) is 65.7 Å². The van der Waals surface area contributed by atoms with E-state index in [4.69, 9.17) is 9.47 Å². The molecule has 1 aliphatic rings. The largest absolute Gasteiger partial charge is 0.507 e. The molecule has 132 valence electrons. The van der Waals surface area contributed by atoms with Gasteiger partial charge in [0.25, 0.3) is 0 Å². The molecule has 0 radical (unpaired) electrons. The van der Waals surface area contributed by atoms with E-state index in [9.17, 15) is 5.11 Å². The number of benzene rings is 3. The predicted octanol–water partition coefficient (Wildman–Crippen LogP) is 4.00. The second kappa shape index (κ2) is 6.59. The van der Waals surface area contributed by atoms with E-state index in [2.05, 4.69) is 22.7 Å². The smallest absolute Gasteiger partial charge is 0.166 e. The molecule has 1 atom stereocenters. The monoisotopic (exact) mass is 348 g/mol. The Balaban J connectivity index is 1.79. The van der Waals surface area contributed by atoms with Gasteiger partial charge in [-0.25, -0.2) is 0 Å². The molecule has 0 saturated carbocycles. The number of aromatic hydroxyl groups is 1. The molecule has 5 nitrogen and oxygen atoms in total. The number of fused-ring (bicyclic) bond motifs is 1. The third-order valence-corrected chi connectivity index (χ3v) is 4.75. The lowest BCUT2D eigenvalue weighted by Gasteiger charge is -2.20. The normalized spacial score (nSPS) is 16.2. The molecule has 5 heteroatoms. The lowest BCUT2D eigenvalue weighted by Crippen LogP contribution is -2.12. The Bertz CT molecular complexity index is 998. The Labute approximate surface area is 151 Å². The highest BCUT2D eigenvalue weighted by molar-refractivity contribution is 6.04. The zero-order chi connectivity index (χ0) is 18.1. The molecule has 26 heavy (non-hydrogen) atoms. The minimum absolute atomic E-state index is 0.0699. The van der Waals surface area contributed by atoms with E-state index < -0.39 is 0 Å². The van der Waals surface area contributed by atoms with E-state index in [1.54, 1.807) is 26.4 Å². The van der Waals surface area contributed by atoms with Crippen LogP contribution in [0, 0.1) is 0 Å². The van der Waals surface area contributed by atoms with E-state index in [0.29, 0.717) is 17.9 Å². The van der Waals surface area contributed by atoms with Gasteiger partial charge in [-0.3, -0.25) is 0 Å². The van der Waals surface area contributed by atoms with Crippen molar-refractivity contribution in [2.24, 2.45) is 5.10 Å². The number of nitrogens with zero attached hydrogens (tertiary/aromatic N) is 1. The van der Waals surface area contributed by atoms with Gasteiger partial charge < -0.3 is 20.0 Å². The molecule has 1 heterocycles. The molecule has 0 spiro atoms. The summed E-state index contributed by atoms with van der Waals surface area (Å²) in [7, 11) is 3.29. The summed E-state index contributed by atoms with van der Waals surface area (Å²) >= 11 is 0. The van der Waals surface area contributed by atoms with Crippen LogP contribution in [0.2, 0.25) is 0 Å². The van der Waals surface area contributed by atoms with Crippen LogP contribution in [0.5, 0.6) is 17.2 Å². The van der Waals surface area contributed by atoms with Crippen LogP contribution in [-0.2, 0) is 0 Å². The summed E-state index contributed by atoms with van der Waals surface area (Å²) in [6, 6.07) is 17.3. The molecule has 0 aromatic heterocycles. The fourth-order valence-electron chi connectivity index (χ4n) is 3.53. The van der Waals surface area contributed by atoms with Gasteiger partial charge in [-0.2, -0.15) is 5.10 Å². The van der Waals surface area contributed by atoms with Crippen LogP contribution >= 0.6 is 0 Å². The third kappa shape index (κ3) is 2.62. The fourth-order valence-corrected chi connectivity index (χ4v) is 3.53. The SMILES string of the molecule is COc1cc2ccccc2c(C2CC(c3ccccc3O)=NN2)c1OC. The number of phenols is 1. The van der Waals surface area contributed by atoms with Crippen LogP contribution in [0.25, 0.3) is 10.8 Å². The zero-order valence-corrected chi connectivity index (χ0v) is 14.7. The van der Waals surface area contributed by atoms with Crippen molar-refractivity contribution >= 4 is 16.5 Å².